The number of carbonyl (C=O) groups excluding carboxylic acids is 1. The van der Waals surface area contributed by atoms with E-state index in [0.29, 0.717) is 10.6 Å². The molecular formula is C21H23ClF2N2O. The highest BCUT2D eigenvalue weighted by Crippen LogP contribution is 2.32. The van der Waals surface area contributed by atoms with Gasteiger partial charge >= 0.3 is 0 Å². The molecule has 1 aliphatic rings. The molecule has 0 aliphatic carbocycles. The third-order valence-electron chi connectivity index (χ3n) is 4.20. The topological polar surface area (TPSA) is 33.2 Å². The lowest BCUT2D eigenvalue weighted by Gasteiger charge is -2.36. The normalized spacial score (nSPS) is 27.5. The van der Waals surface area contributed by atoms with E-state index in [1.54, 1.807) is 18.3 Å². The van der Waals surface area contributed by atoms with Crippen LogP contribution in [0.2, 0.25) is 5.02 Å². The highest BCUT2D eigenvalue weighted by atomic mass is 35.5. The first-order valence-corrected chi connectivity index (χ1v) is 8.85. The van der Waals surface area contributed by atoms with Crippen molar-refractivity contribution in [1.29, 1.82) is 0 Å². The van der Waals surface area contributed by atoms with Crippen molar-refractivity contribution in [1.82, 2.24) is 9.88 Å². The number of pyridine rings is 1. The summed E-state index contributed by atoms with van der Waals surface area (Å²) in [6.07, 6.45) is -5.72. The first kappa shape index (κ1) is 13.2. The number of nitrogens with zero attached hydrogens (tertiary/aromatic N) is 2. The average molecular weight is 399 g/mol. The van der Waals surface area contributed by atoms with Gasteiger partial charge in [0.2, 0.25) is 0 Å². The molecule has 3 nitrogen and oxygen atoms in total. The van der Waals surface area contributed by atoms with Crippen molar-refractivity contribution in [2.75, 3.05) is 13.0 Å². The molecular weight excluding hydrogens is 370 g/mol. The molecule has 1 aromatic carbocycles. The van der Waals surface area contributed by atoms with E-state index in [4.69, 9.17) is 19.8 Å². The number of carbonyl (C=O) groups is 1. The summed E-state index contributed by atoms with van der Waals surface area (Å²) in [6.45, 7) is -1.92. The van der Waals surface area contributed by atoms with Gasteiger partial charge in [0, 0.05) is 38.7 Å². The number of rotatable bonds is 5. The Kier molecular flexibility index (Phi) is 4.08. The highest BCUT2D eigenvalue weighted by molar-refractivity contribution is 6.31. The number of aromatic nitrogens is 1. The van der Waals surface area contributed by atoms with Gasteiger partial charge in [0.1, 0.15) is 11.5 Å². The number of hydrogen-bond donors (Lipinski definition) is 0. The summed E-state index contributed by atoms with van der Waals surface area (Å²) < 4.78 is 79.3. The van der Waals surface area contributed by atoms with Crippen molar-refractivity contribution in [3.8, 4) is 0 Å². The molecule has 0 spiro atoms. The fourth-order valence-electron chi connectivity index (χ4n) is 2.62. The first-order valence-electron chi connectivity index (χ1n) is 11.5. The lowest BCUT2D eigenvalue weighted by molar-refractivity contribution is 0.0389. The van der Waals surface area contributed by atoms with E-state index in [0.717, 1.165) is 23.8 Å². The van der Waals surface area contributed by atoms with Crippen LogP contribution in [0.4, 0.5) is 8.78 Å². The number of likely N-dealkylation sites (tertiary alicyclic amines) is 1. The molecule has 1 amide bonds. The predicted octanol–water partition coefficient (Wildman–Crippen LogP) is 5.15. The monoisotopic (exact) mass is 398 g/mol. The average Bonchev–Trinajstić information content (AvgIpc) is 2.71. The fourth-order valence-corrected chi connectivity index (χ4v) is 2.80. The van der Waals surface area contributed by atoms with Crippen LogP contribution in [0.3, 0.4) is 0 Å². The Balaban J connectivity index is 1.87. The zero-order valence-corrected chi connectivity index (χ0v) is 15.5. The summed E-state index contributed by atoms with van der Waals surface area (Å²) >= 11 is 5.69. The van der Waals surface area contributed by atoms with Gasteiger partial charge in [-0.05, 0) is 68.8 Å². The van der Waals surface area contributed by atoms with Gasteiger partial charge in [0.05, 0.1) is 5.02 Å². The van der Waals surface area contributed by atoms with Crippen LogP contribution in [-0.4, -0.2) is 34.5 Å². The second kappa shape index (κ2) is 8.34. The third-order valence-corrected chi connectivity index (χ3v) is 4.49. The lowest BCUT2D eigenvalue weighted by Crippen LogP contribution is -2.44. The molecule has 1 aliphatic heterocycles. The molecule has 2 aromatic rings. The molecule has 27 heavy (non-hydrogen) atoms. The summed E-state index contributed by atoms with van der Waals surface area (Å²) in [5.41, 5.74) is -2.03. The summed E-state index contributed by atoms with van der Waals surface area (Å²) in [7, 11) is 0. The smallest absolute Gasteiger partial charge is 0.253 e. The standard InChI is InChI=1S/C21H23ClF2N2O/c1-15-4-6-17(25-14-15)3-2-8-21(24)9-11-26(12-10-21)20(27)16-5-7-19(23)18(22)13-16/h4-7,13-14H,2-3,8-12H2,1H3/i8D2,9D2,12D2. The minimum Gasteiger partial charge on any atom is -0.338 e. The number of benzene rings is 1. The second-order valence-electron chi connectivity index (χ2n) is 6.34. The molecule has 3 rings (SSSR count). The Hall–Kier alpha value is -2.01. The molecule has 0 bridgehead atoms. The van der Waals surface area contributed by atoms with Crippen molar-refractivity contribution < 1.29 is 21.8 Å². The van der Waals surface area contributed by atoms with Crippen LogP contribution in [0.5, 0.6) is 0 Å². The summed E-state index contributed by atoms with van der Waals surface area (Å²) in [4.78, 5) is 17.5. The zero-order valence-electron chi connectivity index (χ0n) is 20.7. The Morgan fingerprint density at radius 1 is 1.44 bits per heavy atom. The van der Waals surface area contributed by atoms with E-state index in [1.807, 2.05) is 6.92 Å². The molecule has 1 saturated heterocycles. The number of piperidine rings is 1. The molecule has 144 valence electrons. The minimum absolute atomic E-state index is 0.0226. The van der Waals surface area contributed by atoms with Crippen molar-refractivity contribution in [3.05, 3.63) is 64.2 Å². The van der Waals surface area contributed by atoms with Crippen molar-refractivity contribution in [2.45, 2.75) is 44.6 Å². The lowest BCUT2D eigenvalue weighted by atomic mass is 9.87. The van der Waals surface area contributed by atoms with E-state index in [-0.39, 0.29) is 17.0 Å². The fraction of sp³-hybridized carbons (Fsp3) is 0.429. The van der Waals surface area contributed by atoms with Gasteiger partial charge in [0.15, 0.2) is 0 Å². The number of aryl methyl sites for hydroxylation is 2. The number of hydrogen-bond acceptors (Lipinski definition) is 2. The molecule has 0 N–H and O–H groups in total. The van der Waals surface area contributed by atoms with E-state index in [1.165, 1.54) is 0 Å². The van der Waals surface area contributed by atoms with Gasteiger partial charge in [0.25, 0.3) is 5.91 Å². The Labute approximate surface area is 171 Å². The quantitative estimate of drug-likeness (QED) is 0.697. The summed E-state index contributed by atoms with van der Waals surface area (Å²) in [5, 5.41) is -0.373. The Morgan fingerprint density at radius 2 is 2.26 bits per heavy atom. The molecule has 0 radical (unpaired) electrons. The van der Waals surface area contributed by atoms with Gasteiger partial charge in [-0.1, -0.05) is 17.7 Å². The van der Waals surface area contributed by atoms with Gasteiger partial charge in [-0.3, -0.25) is 9.78 Å². The van der Waals surface area contributed by atoms with Crippen LogP contribution < -0.4 is 0 Å². The van der Waals surface area contributed by atoms with Crippen molar-refractivity contribution >= 4 is 17.5 Å². The van der Waals surface area contributed by atoms with E-state index in [2.05, 4.69) is 4.98 Å². The van der Waals surface area contributed by atoms with Gasteiger partial charge in [-0.25, -0.2) is 8.78 Å². The van der Waals surface area contributed by atoms with E-state index in [9.17, 15) is 9.18 Å². The van der Waals surface area contributed by atoms with Gasteiger partial charge < -0.3 is 4.90 Å². The minimum atomic E-state index is -3.23. The Morgan fingerprint density at radius 3 is 2.96 bits per heavy atom. The molecule has 1 unspecified atom stereocenters. The van der Waals surface area contributed by atoms with Crippen molar-refractivity contribution in [3.63, 3.8) is 0 Å². The highest BCUT2D eigenvalue weighted by Gasteiger charge is 2.35. The van der Waals surface area contributed by atoms with Crippen LogP contribution in [0, 0.1) is 12.7 Å². The molecule has 1 aromatic heterocycles. The molecule has 1 atom stereocenters. The maximum absolute atomic E-state index is 16.1. The second-order valence-corrected chi connectivity index (χ2v) is 6.74. The third kappa shape index (κ3) is 5.04. The molecule has 2 heterocycles. The van der Waals surface area contributed by atoms with E-state index >= 15 is 4.39 Å². The molecule has 6 heteroatoms. The SMILES string of the molecule is [2H]C1([2H])CC(F)(C([2H])([2H])CCc2ccc(C)cn2)C([2H])([2H])CN1C(=O)c1ccc(F)c(Cl)c1. The maximum Gasteiger partial charge on any atom is 0.253 e. The predicted molar refractivity (Wildman–Crippen MR) is 102 cm³/mol. The van der Waals surface area contributed by atoms with Crippen LogP contribution >= 0.6 is 11.6 Å². The van der Waals surface area contributed by atoms with E-state index < -0.39 is 56.0 Å². The van der Waals surface area contributed by atoms with Crippen LogP contribution in [0.15, 0.2) is 36.5 Å². The number of halogens is 3. The van der Waals surface area contributed by atoms with Crippen LogP contribution in [0.25, 0.3) is 0 Å². The van der Waals surface area contributed by atoms with Crippen molar-refractivity contribution in [2.24, 2.45) is 0 Å². The van der Waals surface area contributed by atoms with Gasteiger partial charge in [-0.15, -0.1) is 0 Å². The largest absolute Gasteiger partial charge is 0.338 e. The zero-order chi connectivity index (χ0) is 24.8. The molecule has 1 fully saturated rings. The van der Waals surface area contributed by atoms with Crippen LogP contribution in [-0.2, 0) is 6.42 Å². The number of alkyl halides is 1. The van der Waals surface area contributed by atoms with Crippen LogP contribution in [0.1, 0.15) is 55.4 Å². The summed E-state index contributed by atoms with van der Waals surface area (Å²) in [6, 6.07) is 6.41. The van der Waals surface area contributed by atoms with Gasteiger partial charge in [-0.2, -0.15) is 0 Å². The summed E-state index contributed by atoms with van der Waals surface area (Å²) in [5.74, 6) is -1.79. The molecule has 0 saturated carbocycles. The number of amides is 1. The first-order chi connectivity index (χ1) is 15.1. The maximum atomic E-state index is 16.1. The Bertz CT molecular complexity index is 1050.